The van der Waals surface area contributed by atoms with E-state index < -0.39 is 11.6 Å². The van der Waals surface area contributed by atoms with Crippen molar-refractivity contribution in [3.05, 3.63) is 64.1 Å². The van der Waals surface area contributed by atoms with Crippen molar-refractivity contribution in [2.45, 2.75) is 6.61 Å². The lowest BCUT2D eigenvalue weighted by Gasteiger charge is -2.05. The van der Waals surface area contributed by atoms with Crippen molar-refractivity contribution in [2.75, 3.05) is 0 Å². The molecule has 0 fully saturated rings. The number of aromatic hydroxyl groups is 1. The minimum Gasteiger partial charge on any atom is -0.505 e. The van der Waals surface area contributed by atoms with Crippen LogP contribution in [0, 0.1) is 5.82 Å². The topological polar surface area (TPSA) is 70.7 Å². The van der Waals surface area contributed by atoms with Gasteiger partial charge in [0.1, 0.15) is 11.3 Å². The molecule has 0 spiro atoms. The third-order valence-corrected chi connectivity index (χ3v) is 3.21. The van der Waals surface area contributed by atoms with Gasteiger partial charge in [-0.3, -0.25) is 4.79 Å². The first kappa shape index (κ1) is 13.3. The summed E-state index contributed by atoms with van der Waals surface area (Å²) in [7, 11) is 0. The van der Waals surface area contributed by atoms with Gasteiger partial charge in [-0.2, -0.15) is 0 Å². The van der Waals surface area contributed by atoms with Crippen LogP contribution in [-0.4, -0.2) is 10.2 Å². The van der Waals surface area contributed by atoms with Crippen molar-refractivity contribution in [3.63, 3.8) is 0 Å². The molecule has 0 atom stereocenters. The van der Waals surface area contributed by atoms with E-state index >= 15 is 0 Å². The minimum atomic E-state index is -0.786. The van der Waals surface area contributed by atoms with E-state index in [1.807, 2.05) is 0 Å². The summed E-state index contributed by atoms with van der Waals surface area (Å²) in [4.78, 5) is 12.1. The van der Waals surface area contributed by atoms with E-state index in [9.17, 15) is 14.3 Å². The monoisotopic (exact) mass is 286 g/mol. The third kappa shape index (κ3) is 2.39. The van der Waals surface area contributed by atoms with Crippen molar-refractivity contribution in [1.29, 1.82) is 0 Å². The fourth-order valence-corrected chi connectivity index (χ4v) is 2.10. The van der Waals surface area contributed by atoms with Gasteiger partial charge in [0.15, 0.2) is 17.0 Å². The molecule has 0 unspecified atom stereocenters. The molecule has 1 heterocycles. The quantitative estimate of drug-likeness (QED) is 0.760. The highest BCUT2D eigenvalue weighted by molar-refractivity contribution is 5.79. The molecule has 2 aromatic carbocycles. The Kier molecular flexibility index (Phi) is 3.19. The number of aliphatic hydroxyl groups excluding tert-OH is 1. The second-order valence-electron chi connectivity index (χ2n) is 4.63. The average Bonchev–Trinajstić information content (AvgIpc) is 2.49. The molecule has 4 nitrogen and oxygen atoms in total. The molecular formula is C16H11FO4. The van der Waals surface area contributed by atoms with Crippen LogP contribution in [-0.2, 0) is 6.61 Å². The molecule has 0 bridgehead atoms. The molecule has 0 amide bonds. The van der Waals surface area contributed by atoms with Gasteiger partial charge in [0.25, 0.3) is 0 Å². The highest BCUT2D eigenvalue weighted by atomic mass is 19.1. The van der Waals surface area contributed by atoms with Crippen LogP contribution >= 0.6 is 0 Å². The molecule has 1 aromatic heterocycles. The summed E-state index contributed by atoms with van der Waals surface area (Å²) in [5.74, 6) is -1.04. The van der Waals surface area contributed by atoms with Gasteiger partial charge in [0, 0.05) is 11.6 Å². The summed E-state index contributed by atoms with van der Waals surface area (Å²) < 4.78 is 19.0. The second kappa shape index (κ2) is 5.03. The summed E-state index contributed by atoms with van der Waals surface area (Å²) in [6.45, 7) is -0.166. The smallest absolute Gasteiger partial charge is 0.193 e. The molecule has 21 heavy (non-hydrogen) atoms. The SMILES string of the molecule is O=c1cc(-c2ccc(O)c(F)c2)oc2ccc(CO)cc12. The number of phenolic OH excluding ortho intramolecular Hbond substituents is 1. The standard InChI is InChI=1S/C16H11FO4/c17-12-6-10(2-3-13(12)19)16-7-14(20)11-5-9(8-18)1-4-15(11)21-16/h1-7,18-19H,8H2. The normalized spacial score (nSPS) is 11.0. The first-order valence-electron chi connectivity index (χ1n) is 6.25. The summed E-state index contributed by atoms with van der Waals surface area (Å²) in [5.41, 5.74) is 1.03. The predicted molar refractivity (Wildman–Crippen MR) is 75.5 cm³/mol. The Hall–Kier alpha value is -2.66. The Morgan fingerprint density at radius 2 is 1.90 bits per heavy atom. The zero-order valence-electron chi connectivity index (χ0n) is 10.8. The highest BCUT2D eigenvalue weighted by Crippen LogP contribution is 2.26. The first-order valence-corrected chi connectivity index (χ1v) is 6.25. The lowest BCUT2D eigenvalue weighted by molar-refractivity contribution is 0.282. The summed E-state index contributed by atoms with van der Waals surface area (Å²) in [5, 5.41) is 18.6. The third-order valence-electron chi connectivity index (χ3n) is 3.21. The summed E-state index contributed by atoms with van der Waals surface area (Å²) in [6.07, 6.45) is 0. The largest absolute Gasteiger partial charge is 0.505 e. The molecule has 3 aromatic rings. The van der Waals surface area contributed by atoms with Gasteiger partial charge in [0.2, 0.25) is 0 Å². The second-order valence-corrected chi connectivity index (χ2v) is 4.63. The molecule has 0 saturated carbocycles. The molecular weight excluding hydrogens is 275 g/mol. The maximum absolute atomic E-state index is 13.4. The number of benzene rings is 2. The Bertz CT molecular complexity index is 883. The fourth-order valence-electron chi connectivity index (χ4n) is 2.10. The molecule has 0 aliphatic rings. The lowest BCUT2D eigenvalue weighted by Crippen LogP contribution is -2.01. The van der Waals surface area contributed by atoms with E-state index in [-0.39, 0.29) is 17.8 Å². The van der Waals surface area contributed by atoms with E-state index in [0.717, 1.165) is 6.07 Å². The molecule has 3 rings (SSSR count). The summed E-state index contributed by atoms with van der Waals surface area (Å²) in [6, 6.07) is 9.81. The Morgan fingerprint density at radius 1 is 1.10 bits per heavy atom. The number of hydrogen-bond donors (Lipinski definition) is 2. The zero-order chi connectivity index (χ0) is 15.0. The van der Waals surface area contributed by atoms with Crippen molar-refractivity contribution in [3.8, 4) is 17.1 Å². The van der Waals surface area contributed by atoms with E-state index in [0.29, 0.717) is 22.1 Å². The lowest BCUT2D eigenvalue weighted by atomic mass is 10.1. The fraction of sp³-hybridized carbons (Fsp3) is 0.0625. The Morgan fingerprint density at radius 3 is 2.62 bits per heavy atom. The number of aliphatic hydroxyl groups is 1. The number of hydrogen-bond acceptors (Lipinski definition) is 4. The van der Waals surface area contributed by atoms with Crippen LogP contribution in [0.5, 0.6) is 5.75 Å². The van der Waals surface area contributed by atoms with Crippen molar-refractivity contribution in [2.24, 2.45) is 0 Å². The van der Waals surface area contributed by atoms with E-state index in [1.165, 1.54) is 18.2 Å². The van der Waals surface area contributed by atoms with E-state index in [1.54, 1.807) is 18.2 Å². The van der Waals surface area contributed by atoms with E-state index in [4.69, 9.17) is 9.52 Å². The van der Waals surface area contributed by atoms with Crippen molar-refractivity contribution >= 4 is 11.0 Å². The molecule has 0 radical (unpaired) electrons. The first-order chi connectivity index (χ1) is 10.1. The van der Waals surface area contributed by atoms with Crippen LogP contribution in [0.15, 0.2) is 51.7 Å². The minimum absolute atomic E-state index is 0.166. The van der Waals surface area contributed by atoms with E-state index in [2.05, 4.69) is 0 Å². The van der Waals surface area contributed by atoms with Crippen molar-refractivity contribution < 1.29 is 19.0 Å². The zero-order valence-corrected chi connectivity index (χ0v) is 10.8. The van der Waals surface area contributed by atoms with Gasteiger partial charge in [0.05, 0.1) is 12.0 Å². The maximum Gasteiger partial charge on any atom is 0.193 e. The van der Waals surface area contributed by atoms with Gasteiger partial charge in [-0.25, -0.2) is 4.39 Å². The van der Waals surface area contributed by atoms with Crippen LogP contribution in [0.4, 0.5) is 4.39 Å². The molecule has 2 N–H and O–H groups in total. The highest BCUT2D eigenvalue weighted by Gasteiger charge is 2.10. The number of fused-ring (bicyclic) bond motifs is 1. The molecule has 0 aliphatic carbocycles. The van der Waals surface area contributed by atoms with Crippen LogP contribution in [0.2, 0.25) is 0 Å². The van der Waals surface area contributed by atoms with Crippen LogP contribution in [0.3, 0.4) is 0 Å². The summed E-state index contributed by atoms with van der Waals surface area (Å²) >= 11 is 0. The maximum atomic E-state index is 13.4. The average molecular weight is 286 g/mol. The molecule has 0 saturated heterocycles. The van der Waals surface area contributed by atoms with Gasteiger partial charge in [-0.1, -0.05) is 6.07 Å². The van der Waals surface area contributed by atoms with Gasteiger partial charge in [-0.05, 0) is 35.9 Å². The van der Waals surface area contributed by atoms with Gasteiger partial charge in [-0.15, -0.1) is 0 Å². The van der Waals surface area contributed by atoms with Crippen LogP contribution in [0.25, 0.3) is 22.3 Å². The molecule has 5 heteroatoms. The van der Waals surface area contributed by atoms with Crippen LogP contribution in [0.1, 0.15) is 5.56 Å². The van der Waals surface area contributed by atoms with Crippen molar-refractivity contribution in [1.82, 2.24) is 0 Å². The Balaban J connectivity index is 2.20. The predicted octanol–water partition coefficient (Wildman–Crippen LogP) is 2.80. The number of halogens is 1. The van der Waals surface area contributed by atoms with Crippen LogP contribution < -0.4 is 5.43 Å². The number of rotatable bonds is 2. The number of phenols is 1. The molecule has 106 valence electrons. The van der Waals surface area contributed by atoms with Gasteiger partial charge >= 0.3 is 0 Å². The molecule has 0 aliphatic heterocycles. The van der Waals surface area contributed by atoms with Gasteiger partial charge < -0.3 is 14.6 Å². The Labute approximate surface area is 118 Å².